The first-order valence-corrected chi connectivity index (χ1v) is 8.19. The van der Waals surface area contributed by atoms with Gasteiger partial charge in [0.1, 0.15) is 12.4 Å². The van der Waals surface area contributed by atoms with Crippen molar-refractivity contribution in [2.75, 3.05) is 12.4 Å². The summed E-state index contributed by atoms with van der Waals surface area (Å²) in [5, 5.41) is 7.32. The second-order valence-electron chi connectivity index (χ2n) is 6.16. The Hall–Kier alpha value is -3.16. The zero-order valence-electron chi connectivity index (χ0n) is 15.0. The summed E-state index contributed by atoms with van der Waals surface area (Å²) in [6, 6.07) is 6.33. The van der Waals surface area contributed by atoms with E-state index in [2.05, 4.69) is 15.4 Å². The summed E-state index contributed by atoms with van der Waals surface area (Å²) >= 11 is 0. The second kappa shape index (κ2) is 6.99. The number of fused-ring (bicyclic) bond motifs is 1. The molecule has 0 radical (unpaired) electrons. The van der Waals surface area contributed by atoms with Crippen molar-refractivity contribution in [2.24, 2.45) is 0 Å². The highest BCUT2D eigenvalue weighted by molar-refractivity contribution is 5.93. The van der Waals surface area contributed by atoms with Crippen molar-refractivity contribution in [2.45, 2.75) is 32.9 Å². The first-order valence-electron chi connectivity index (χ1n) is 8.19. The Kier molecular flexibility index (Phi) is 4.75. The quantitative estimate of drug-likeness (QED) is 0.840. The first kappa shape index (κ1) is 17.7. The number of carbonyl (C=O) groups is 2. The second-order valence-corrected chi connectivity index (χ2v) is 6.16. The molecule has 2 aromatic rings. The van der Waals surface area contributed by atoms with Crippen LogP contribution in [0.25, 0.3) is 0 Å². The van der Waals surface area contributed by atoms with Crippen LogP contribution in [0.2, 0.25) is 0 Å². The number of hydrogen-bond donors (Lipinski definition) is 1. The summed E-state index contributed by atoms with van der Waals surface area (Å²) in [6.07, 6.45) is 1.17. The molecule has 0 fully saturated rings. The fraction of sp³-hybridized carbons (Fsp3) is 0.333. The van der Waals surface area contributed by atoms with Crippen molar-refractivity contribution < 1.29 is 19.1 Å². The zero-order chi connectivity index (χ0) is 18.8. The minimum atomic E-state index is -0.508. The van der Waals surface area contributed by atoms with Crippen LogP contribution in [0, 0.1) is 0 Å². The molecule has 8 heteroatoms. The van der Waals surface area contributed by atoms with Crippen molar-refractivity contribution in [1.82, 2.24) is 14.8 Å². The molecule has 0 aliphatic carbocycles. The predicted octanol–water partition coefficient (Wildman–Crippen LogP) is 2.31. The lowest BCUT2D eigenvalue weighted by Crippen LogP contribution is -2.30. The topological polar surface area (TPSA) is 95.3 Å². The number of ether oxygens (including phenoxy) is 2. The molecule has 8 nitrogen and oxygen atoms in total. The highest BCUT2D eigenvalue weighted by Crippen LogP contribution is 2.35. The molecule has 1 unspecified atom stereocenters. The Balaban J connectivity index is 2.06. The minimum Gasteiger partial charge on any atom is -0.465 e. The van der Waals surface area contributed by atoms with Crippen LogP contribution in [0.15, 0.2) is 41.9 Å². The van der Waals surface area contributed by atoms with Crippen molar-refractivity contribution >= 4 is 17.9 Å². The van der Waals surface area contributed by atoms with Crippen LogP contribution in [0.4, 0.5) is 5.95 Å². The van der Waals surface area contributed by atoms with Crippen molar-refractivity contribution in [3.63, 3.8) is 0 Å². The molecule has 0 spiro atoms. The Morgan fingerprint density at radius 1 is 1.19 bits per heavy atom. The van der Waals surface area contributed by atoms with Crippen LogP contribution in [-0.4, -0.2) is 39.9 Å². The molecule has 1 atom stereocenters. The maximum Gasteiger partial charge on any atom is 0.338 e. The van der Waals surface area contributed by atoms with Gasteiger partial charge in [-0.05, 0) is 38.5 Å². The van der Waals surface area contributed by atoms with Gasteiger partial charge in [-0.3, -0.25) is 0 Å². The highest BCUT2D eigenvalue weighted by atomic mass is 16.5. The highest BCUT2D eigenvalue weighted by Gasteiger charge is 2.34. The summed E-state index contributed by atoms with van der Waals surface area (Å²) in [4.78, 5) is 28.5. The van der Waals surface area contributed by atoms with E-state index in [9.17, 15) is 9.59 Å². The Labute approximate surface area is 150 Å². The summed E-state index contributed by atoms with van der Waals surface area (Å²) < 4.78 is 11.8. The number of carbonyl (C=O) groups excluding carboxylic acids is 2. The maximum absolute atomic E-state index is 12.7. The number of nitrogens with one attached hydrogen (secondary N) is 1. The summed E-state index contributed by atoms with van der Waals surface area (Å²) in [6.45, 7) is 5.39. The van der Waals surface area contributed by atoms with Gasteiger partial charge in [-0.1, -0.05) is 12.1 Å². The van der Waals surface area contributed by atoms with Gasteiger partial charge in [-0.2, -0.15) is 10.1 Å². The molecule has 26 heavy (non-hydrogen) atoms. The van der Waals surface area contributed by atoms with Gasteiger partial charge in [0, 0.05) is 5.70 Å². The molecule has 136 valence electrons. The maximum atomic E-state index is 12.7. The van der Waals surface area contributed by atoms with E-state index in [0.29, 0.717) is 22.8 Å². The van der Waals surface area contributed by atoms with E-state index in [4.69, 9.17) is 9.47 Å². The van der Waals surface area contributed by atoms with E-state index < -0.39 is 18.0 Å². The molecular weight excluding hydrogens is 336 g/mol. The van der Waals surface area contributed by atoms with Crippen LogP contribution < -0.4 is 5.32 Å². The van der Waals surface area contributed by atoms with Gasteiger partial charge < -0.3 is 14.8 Å². The van der Waals surface area contributed by atoms with Crippen LogP contribution in [-0.2, 0) is 14.3 Å². The molecule has 0 amide bonds. The molecule has 0 bridgehead atoms. The summed E-state index contributed by atoms with van der Waals surface area (Å²) in [5.41, 5.74) is 2.30. The Morgan fingerprint density at radius 2 is 1.88 bits per heavy atom. The fourth-order valence-corrected chi connectivity index (χ4v) is 2.86. The molecule has 1 N–H and O–H groups in total. The summed E-state index contributed by atoms with van der Waals surface area (Å²) in [7, 11) is 1.33. The average molecular weight is 356 g/mol. The predicted molar refractivity (Wildman–Crippen MR) is 93.5 cm³/mol. The molecule has 3 rings (SSSR count). The molecule has 1 aliphatic heterocycles. The monoisotopic (exact) mass is 356 g/mol. The number of esters is 2. The van der Waals surface area contributed by atoms with E-state index in [1.165, 1.54) is 13.4 Å². The SMILES string of the molecule is COC(=O)c1ccc(C2C(C(=O)OC(C)C)=C(C)Nc3ncnn32)cc1. The van der Waals surface area contributed by atoms with E-state index in [1.807, 2.05) is 0 Å². The van der Waals surface area contributed by atoms with Gasteiger partial charge in [0.05, 0.1) is 24.4 Å². The molecule has 0 saturated heterocycles. The third-order valence-corrected chi connectivity index (χ3v) is 4.00. The smallest absolute Gasteiger partial charge is 0.338 e. The lowest BCUT2D eigenvalue weighted by Gasteiger charge is -2.28. The number of methoxy groups -OCH3 is 1. The lowest BCUT2D eigenvalue weighted by molar-refractivity contribution is -0.143. The van der Waals surface area contributed by atoms with E-state index >= 15 is 0 Å². The van der Waals surface area contributed by atoms with Gasteiger partial charge in [0.25, 0.3) is 0 Å². The number of benzene rings is 1. The van der Waals surface area contributed by atoms with E-state index in [1.54, 1.807) is 49.7 Å². The molecular formula is C18H20N4O4. The minimum absolute atomic E-state index is 0.248. The number of hydrogen-bond acceptors (Lipinski definition) is 7. The van der Waals surface area contributed by atoms with Gasteiger partial charge >= 0.3 is 11.9 Å². The van der Waals surface area contributed by atoms with Gasteiger partial charge in [0.15, 0.2) is 0 Å². The van der Waals surface area contributed by atoms with Crippen LogP contribution in [0.5, 0.6) is 0 Å². The zero-order valence-corrected chi connectivity index (χ0v) is 15.0. The third kappa shape index (κ3) is 3.17. The van der Waals surface area contributed by atoms with Gasteiger partial charge in [-0.25, -0.2) is 14.3 Å². The molecule has 1 aliphatic rings. The van der Waals surface area contributed by atoms with Crippen LogP contribution in [0.1, 0.15) is 42.7 Å². The Morgan fingerprint density at radius 3 is 2.50 bits per heavy atom. The third-order valence-electron chi connectivity index (χ3n) is 4.00. The van der Waals surface area contributed by atoms with E-state index in [0.717, 1.165) is 5.56 Å². The lowest BCUT2D eigenvalue weighted by atomic mass is 9.95. The number of anilines is 1. The number of nitrogens with zero attached hydrogens (tertiary/aromatic N) is 3. The van der Waals surface area contributed by atoms with E-state index in [-0.39, 0.29) is 6.10 Å². The number of aromatic nitrogens is 3. The normalized spacial score (nSPS) is 16.1. The van der Waals surface area contributed by atoms with Crippen LogP contribution >= 0.6 is 0 Å². The number of allylic oxidation sites excluding steroid dienone is 1. The van der Waals surface area contributed by atoms with Gasteiger partial charge in [-0.15, -0.1) is 0 Å². The largest absolute Gasteiger partial charge is 0.465 e. The Bertz CT molecular complexity index is 868. The fourth-order valence-electron chi connectivity index (χ4n) is 2.86. The molecule has 1 aromatic heterocycles. The molecule has 2 heterocycles. The summed E-state index contributed by atoms with van der Waals surface area (Å²) in [5.74, 6) is -0.312. The van der Waals surface area contributed by atoms with Crippen LogP contribution in [0.3, 0.4) is 0 Å². The molecule has 0 saturated carbocycles. The standard InChI is InChI=1S/C18H20N4O4/c1-10(2)26-17(24)14-11(3)21-18-19-9-20-22(18)15(14)12-5-7-13(8-6-12)16(23)25-4/h5-10,15H,1-4H3,(H,19,20,21). The number of rotatable bonds is 4. The van der Waals surface area contributed by atoms with Gasteiger partial charge in [0.2, 0.25) is 5.95 Å². The van der Waals surface area contributed by atoms with Crippen molar-refractivity contribution in [3.05, 3.63) is 53.0 Å². The average Bonchev–Trinajstić information content (AvgIpc) is 3.07. The first-order chi connectivity index (χ1) is 12.4. The molecule has 1 aromatic carbocycles. The van der Waals surface area contributed by atoms with Crippen molar-refractivity contribution in [3.8, 4) is 0 Å². The van der Waals surface area contributed by atoms with Crippen molar-refractivity contribution in [1.29, 1.82) is 0 Å².